The van der Waals surface area contributed by atoms with Crippen molar-refractivity contribution >= 4 is 0 Å². The van der Waals surface area contributed by atoms with Gasteiger partial charge in [-0.3, -0.25) is 0 Å². The van der Waals surface area contributed by atoms with Crippen molar-refractivity contribution in [3.63, 3.8) is 0 Å². The van der Waals surface area contributed by atoms with Crippen LogP contribution in [0.25, 0.3) is 0 Å². The fourth-order valence-corrected chi connectivity index (χ4v) is 2.53. The maximum absolute atomic E-state index is 9.95. The van der Waals surface area contributed by atoms with Crippen LogP contribution in [-0.4, -0.2) is 33.1 Å². The van der Waals surface area contributed by atoms with Gasteiger partial charge in [-0.2, -0.15) is 5.10 Å². The highest BCUT2D eigenvalue weighted by atomic mass is 16.5. The minimum Gasteiger partial charge on any atom is -0.496 e. The molecule has 1 unspecified atom stereocenters. The summed E-state index contributed by atoms with van der Waals surface area (Å²) in [6.45, 7) is 2.48. The maximum Gasteiger partial charge on any atom is 0.154 e. The van der Waals surface area contributed by atoms with Gasteiger partial charge in [-0.1, -0.05) is 25.1 Å². The van der Waals surface area contributed by atoms with Gasteiger partial charge in [0.2, 0.25) is 0 Å². The molecule has 0 bridgehead atoms. The average Bonchev–Trinajstić information content (AvgIpc) is 3.32. The van der Waals surface area contributed by atoms with Gasteiger partial charge in [0.25, 0.3) is 0 Å². The van der Waals surface area contributed by atoms with Crippen LogP contribution in [0.1, 0.15) is 49.3 Å². The number of benzene rings is 1. The summed E-state index contributed by atoms with van der Waals surface area (Å²) in [6, 6.07) is 7.97. The van der Waals surface area contributed by atoms with Crippen LogP contribution in [0.2, 0.25) is 0 Å². The Labute approximate surface area is 131 Å². The molecule has 1 aliphatic carbocycles. The van der Waals surface area contributed by atoms with E-state index in [-0.39, 0.29) is 6.10 Å². The number of aromatic nitrogens is 3. The van der Waals surface area contributed by atoms with E-state index in [0.29, 0.717) is 25.3 Å². The Morgan fingerprint density at radius 3 is 2.82 bits per heavy atom. The van der Waals surface area contributed by atoms with Crippen LogP contribution in [0.5, 0.6) is 5.75 Å². The second-order valence-electron chi connectivity index (χ2n) is 5.89. The van der Waals surface area contributed by atoms with Crippen LogP contribution < -0.4 is 4.74 Å². The number of hydrogen-bond acceptors (Lipinski definition) is 4. The van der Waals surface area contributed by atoms with Crippen molar-refractivity contribution in [3.05, 3.63) is 41.5 Å². The topological polar surface area (TPSA) is 60.2 Å². The number of aliphatic hydroxyl groups excluding tert-OH is 1. The van der Waals surface area contributed by atoms with Gasteiger partial charge >= 0.3 is 0 Å². The first kappa shape index (κ1) is 15.0. The van der Waals surface area contributed by atoms with Crippen LogP contribution in [0.4, 0.5) is 0 Å². The van der Waals surface area contributed by atoms with Gasteiger partial charge in [-0.25, -0.2) is 9.67 Å². The molecule has 2 aromatic rings. The SMILES string of the molecule is CCC(O)Cn1nc(C2CC2)nc1Cc1ccccc1OC. The van der Waals surface area contributed by atoms with E-state index in [1.165, 1.54) is 12.8 Å². The molecule has 1 N–H and O–H groups in total. The lowest BCUT2D eigenvalue weighted by Gasteiger charge is -2.11. The molecule has 0 saturated heterocycles. The maximum atomic E-state index is 9.95. The molecule has 1 fully saturated rings. The number of methoxy groups -OCH3 is 1. The van der Waals surface area contributed by atoms with Crippen LogP contribution in [0.15, 0.2) is 24.3 Å². The lowest BCUT2D eigenvalue weighted by Crippen LogP contribution is -2.18. The Balaban J connectivity index is 1.87. The molecular weight excluding hydrogens is 278 g/mol. The highest BCUT2D eigenvalue weighted by molar-refractivity contribution is 5.35. The molecule has 1 atom stereocenters. The molecule has 22 heavy (non-hydrogen) atoms. The number of rotatable bonds is 7. The first-order valence-corrected chi connectivity index (χ1v) is 7.94. The smallest absolute Gasteiger partial charge is 0.154 e. The predicted octanol–water partition coefficient (Wildman–Crippen LogP) is 2.53. The summed E-state index contributed by atoms with van der Waals surface area (Å²) in [5.74, 6) is 3.20. The molecule has 5 nitrogen and oxygen atoms in total. The quantitative estimate of drug-likeness (QED) is 0.853. The van der Waals surface area contributed by atoms with Crippen LogP contribution in [-0.2, 0) is 13.0 Å². The van der Waals surface area contributed by atoms with E-state index in [2.05, 4.69) is 5.10 Å². The molecule has 1 aliphatic rings. The van der Waals surface area contributed by atoms with E-state index in [0.717, 1.165) is 23.0 Å². The van der Waals surface area contributed by atoms with E-state index < -0.39 is 0 Å². The molecule has 1 aromatic heterocycles. The van der Waals surface area contributed by atoms with E-state index in [1.807, 2.05) is 35.9 Å². The minimum absolute atomic E-state index is 0.384. The summed E-state index contributed by atoms with van der Waals surface area (Å²) < 4.78 is 7.29. The van der Waals surface area contributed by atoms with Crippen molar-refractivity contribution in [2.24, 2.45) is 0 Å². The Hall–Kier alpha value is -1.88. The van der Waals surface area contributed by atoms with E-state index in [4.69, 9.17) is 9.72 Å². The van der Waals surface area contributed by atoms with Crippen molar-refractivity contribution in [2.45, 2.75) is 51.2 Å². The molecule has 1 heterocycles. The van der Waals surface area contributed by atoms with Crippen LogP contribution in [0.3, 0.4) is 0 Å². The van der Waals surface area contributed by atoms with Gasteiger partial charge in [0, 0.05) is 17.9 Å². The molecule has 1 saturated carbocycles. The zero-order valence-corrected chi connectivity index (χ0v) is 13.2. The normalized spacial score (nSPS) is 15.8. The highest BCUT2D eigenvalue weighted by Crippen LogP contribution is 2.38. The van der Waals surface area contributed by atoms with E-state index in [1.54, 1.807) is 7.11 Å². The lowest BCUT2D eigenvalue weighted by atomic mass is 10.1. The number of para-hydroxylation sites is 1. The zero-order chi connectivity index (χ0) is 15.5. The molecule has 0 aliphatic heterocycles. The third-order valence-corrected chi connectivity index (χ3v) is 4.10. The van der Waals surface area contributed by atoms with Gasteiger partial charge < -0.3 is 9.84 Å². The number of aliphatic hydroxyl groups is 1. The molecule has 118 valence electrons. The molecule has 1 aromatic carbocycles. The molecule has 0 spiro atoms. The highest BCUT2D eigenvalue weighted by Gasteiger charge is 2.29. The third kappa shape index (κ3) is 3.30. The van der Waals surface area contributed by atoms with Gasteiger partial charge in [-0.05, 0) is 25.3 Å². The fraction of sp³-hybridized carbons (Fsp3) is 0.529. The van der Waals surface area contributed by atoms with Crippen molar-refractivity contribution in [2.75, 3.05) is 7.11 Å². The Kier molecular flexibility index (Phi) is 4.43. The van der Waals surface area contributed by atoms with Crippen molar-refractivity contribution in [1.82, 2.24) is 14.8 Å². The van der Waals surface area contributed by atoms with E-state index >= 15 is 0 Å². The molecular formula is C17H23N3O2. The Bertz CT molecular complexity index is 635. The standard InChI is InChI=1S/C17H23N3O2/c1-3-14(21)11-20-16(18-17(19-20)12-8-9-12)10-13-6-4-5-7-15(13)22-2/h4-7,12,14,21H,3,8-11H2,1-2H3. The summed E-state index contributed by atoms with van der Waals surface area (Å²) in [7, 11) is 1.68. The molecule has 5 heteroatoms. The average molecular weight is 301 g/mol. The summed E-state index contributed by atoms with van der Waals surface area (Å²) in [6.07, 6.45) is 3.35. The van der Waals surface area contributed by atoms with Gasteiger partial charge in [0.05, 0.1) is 19.8 Å². The summed E-state index contributed by atoms with van der Waals surface area (Å²) >= 11 is 0. The minimum atomic E-state index is -0.384. The second-order valence-corrected chi connectivity index (χ2v) is 5.89. The van der Waals surface area contributed by atoms with Crippen LogP contribution >= 0.6 is 0 Å². The van der Waals surface area contributed by atoms with Crippen molar-refractivity contribution in [1.29, 1.82) is 0 Å². The number of ether oxygens (including phenoxy) is 1. The molecule has 0 radical (unpaired) electrons. The van der Waals surface area contributed by atoms with Crippen LogP contribution in [0, 0.1) is 0 Å². The molecule has 0 amide bonds. The first-order valence-electron chi connectivity index (χ1n) is 7.94. The van der Waals surface area contributed by atoms with Crippen molar-refractivity contribution < 1.29 is 9.84 Å². The Morgan fingerprint density at radius 1 is 1.36 bits per heavy atom. The number of nitrogens with zero attached hydrogens (tertiary/aromatic N) is 3. The summed E-state index contributed by atoms with van der Waals surface area (Å²) in [4.78, 5) is 4.72. The first-order chi connectivity index (χ1) is 10.7. The van der Waals surface area contributed by atoms with E-state index in [9.17, 15) is 5.11 Å². The fourth-order valence-electron chi connectivity index (χ4n) is 2.53. The zero-order valence-electron chi connectivity index (χ0n) is 13.2. The second kappa shape index (κ2) is 6.48. The lowest BCUT2D eigenvalue weighted by molar-refractivity contribution is 0.144. The number of hydrogen-bond donors (Lipinski definition) is 1. The molecule has 3 rings (SSSR count). The monoisotopic (exact) mass is 301 g/mol. The summed E-state index contributed by atoms with van der Waals surface area (Å²) in [5, 5.41) is 14.6. The predicted molar refractivity (Wildman–Crippen MR) is 84.1 cm³/mol. The largest absolute Gasteiger partial charge is 0.496 e. The van der Waals surface area contributed by atoms with Gasteiger partial charge in [0.15, 0.2) is 5.82 Å². The third-order valence-electron chi connectivity index (χ3n) is 4.10. The Morgan fingerprint density at radius 2 is 2.14 bits per heavy atom. The van der Waals surface area contributed by atoms with Crippen molar-refractivity contribution in [3.8, 4) is 5.75 Å². The van der Waals surface area contributed by atoms with Gasteiger partial charge in [-0.15, -0.1) is 0 Å². The van der Waals surface area contributed by atoms with Gasteiger partial charge in [0.1, 0.15) is 11.6 Å². The summed E-state index contributed by atoms with van der Waals surface area (Å²) in [5.41, 5.74) is 1.09.